The molecule has 0 aromatic heterocycles. The summed E-state index contributed by atoms with van der Waals surface area (Å²) in [6, 6.07) is 12.5. The average Bonchev–Trinajstić information content (AvgIpc) is 2.59. The summed E-state index contributed by atoms with van der Waals surface area (Å²) in [7, 11) is 0. The topological polar surface area (TPSA) is 60.1 Å². The van der Waals surface area contributed by atoms with Gasteiger partial charge in [0.2, 0.25) is 0 Å². The van der Waals surface area contributed by atoms with Crippen LogP contribution in [0.4, 0.5) is 5.69 Å². The molecule has 2 aromatic rings. The van der Waals surface area contributed by atoms with Gasteiger partial charge in [0, 0.05) is 18.1 Å². The lowest BCUT2D eigenvalue weighted by molar-refractivity contribution is 0.0675. The van der Waals surface area contributed by atoms with Gasteiger partial charge in [-0.3, -0.25) is 0 Å². The third kappa shape index (κ3) is 5.37. The van der Waals surface area contributed by atoms with Crippen molar-refractivity contribution in [2.45, 2.75) is 0 Å². The number of hydrogen-bond acceptors (Lipinski definition) is 3. The summed E-state index contributed by atoms with van der Waals surface area (Å²) in [5, 5.41) is 0.984. The Kier molecular flexibility index (Phi) is 7.61. The van der Waals surface area contributed by atoms with Crippen LogP contribution in [0.3, 0.4) is 0 Å². The first kappa shape index (κ1) is 20.1. The summed E-state index contributed by atoms with van der Waals surface area (Å²) >= 11 is 12.1. The number of aliphatic imine (C=N–C) groups is 1. The highest BCUT2D eigenvalue weighted by Crippen LogP contribution is 2.36. The number of hydrogen-bond donors (Lipinski definition) is 1. The number of nitrogens with two attached hydrogens (primary N) is 1. The fraction of sp³-hybridized carbons (Fsp3) is 0.235. The van der Waals surface area contributed by atoms with Gasteiger partial charge in [0.25, 0.3) is 0 Å². The first-order chi connectivity index (χ1) is 11.6. The summed E-state index contributed by atoms with van der Waals surface area (Å²) in [4.78, 5) is 6.48. The molecule has 8 heteroatoms. The minimum Gasteiger partial charge on any atom is -0.454 e. The molecule has 2 N–H and O–H groups in total. The van der Waals surface area contributed by atoms with E-state index >= 15 is 0 Å². The van der Waals surface area contributed by atoms with E-state index in [9.17, 15) is 0 Å². The van der Waals surface area contributed by atoms with Gasteiger partial charge in [-0.05, 0) is 30.3 Å². The first-order valence-electron chi connectivity index (χ1n) is 7.52. The summed E-state index contributed by atoms with van der Waals surface area (Å²) in [5.41, 5.74) is 6.75. The Morgan fingerprint density at radius 1 is 1.08 bits per heavy atom. The van der Waals surface area contributed by atoms with Crippen molar-refractivity contribution in [2.75, 3.05) is 26.3 Å². The van der Waals surface area contributed by atoms with E-state index in [1.54, 1.807) is 18.2 Å². The molecule has 3 rings (SSSR count). The second-order valence-corrected chi connectivity index (χ2v) is 6.06. The number of nitrogens with zero attached hydrogens (tertiary/aromatic N) is 2. The smallest absolute Gasteiger partial charge is 0.196 e. The van der Waals surface area contributed by atoms with Crippen molar-refractivity contribution >= 4 is 58.8 Å². The molecule has 0 atom stereocenters. The molecule has 5 nitrogen and oxygen atoms in total. The van der Waals surface area contributed by atoms with Gasteiger partial charge < -0.3 is 20.1 Å². The zero-order valence-electron chi connectivity index (χ0n) is 13.3. The van der Waals surface area contributed by atoms with Crippen LogP contribution in [-0.4, -0.2) is 37.2 Å². The van der Waals surface area contributed by atoms with Crippen molar-refractivity contribution in [3.05, 3.63) is 52.5 Å². The maximum absolute atomic E-state index is 6.17. The molecule has 0 saturated carbocycles. The van der Waals surface area contributed by atoms with E-state index in [1.165, 1.54) is 0 Å². The van der Waals surface area contributed by atoms with Crippen molar-refractivity contribution in [1.82, 2.24) is 4.90 Å². The summed E-state index contributed by atoms with van der Waals surface area (Å²) < 4.78 is 11.2. The number of morpholine rings is 1. The van der Waals surface area contributed by atoms with E-state index in [1.807, 2.05) is 29.2 Å². The number of benzene rings is 2. The molecule has 0 spiro atoms. The van der Waals surface area contributed by atoms with Gasteiger partial charge in [-0.2, -0.15) is 0 Å². The van der Waals surface area contributed by atoms with Crippen LogP contribution < -0.4 is 10.5 Å². The van der Waals surface area contributed by atoms with Crippen LogP contribution in [0.2, 0.25) is 10.0 Å². The molecule has 0 amide bonds. The number of ether oxygens (including phenoxy) is 2. The largest absolute Gasteiger partial charge is 0.454 e. The standard InChI is InChI=1S/C17H17Cl2N3O2.HI/c18-12-5-6-15(13(19)11-12)24-16-4-2-1-3-14(16)21-17(20)22-7-9-23-10-8-22;/h1-6,11H,7-10H2,(H2,20,21);1H. The second-order valence-electron chi connectivity index (χ2n) is 5.21. The predicted molar refractivity (Wildman–Crippen MR) is 112 cm³/mol. The van der Waals surface area contributed by atoms with Gasteiger partial charge in [0.15, 0.2) is 11.7 Å². The van der Waals surface area contributed by atoms with Gasteiger partial charge in [0.1, 0.15) is 11.4 Å². The fourth-order valence-electron chi connectivity index (χ4n) is 2.30. The van der Waals surface area contributed by atoms with Crippen LogP contribution in [-0.2, 0) is 4.74 Å². The number of para-hydroxylation sites is 2. The van der Waals surface area contributed by atoms with Crippen LogP contribution in [0.15, 0.2) is 47.5 Å². The van der Waals surface area contributed by atoms with Gasteiger partial charge in [-0.1, -0.05) is 35.3 Å². The SMILES string of the molecule is I.NC(=Nc1ccccc1Oc1ccc(Cl)cc1Cl)N1CCOCC1. The normalized spacial score (nSPS) is 14.8. The molecule has 1 aliphatic heterocycles. The second kappa shape index (κ2) is 9.47. The minimum absolute atomic E-state index is 0. The lowest BCUT2D eigenvalue weighted by atomic mass is 10.3. The number of halogens is 3. The molecule has 0 unspecified atom stereocenters. The molecule has 0 bridgehead atoms. The molecular weight excluding hydrogens is 476 g/mol. The summed E-state index contributed by atoms with van der Waals surface area (Å²) in [5.74, 6) is 1.52. The molecule has 0 aliphatic carbocycles. The van der Waals surface area contributed by atoms with Crippen molar-refractivity contribution < 1.29 is 9.47 Å². The van der Waals surface area contributed by atoms with Crippen LogP contribution >= 0.6 is 47.2 Å². The van der Waals surface area contributed by atoms with Crippen LogP contribution in [0.25, 0.3) is 0 Å². The van der Waals surface area contributed by atoms with Crippen LogP contribution in [0.5, 0.6) is 11.5 Å². The van der Waals surface area contributed by atoms with Crippen LogP contribution in [0.1, 0.15) is 0 Å². The van der Waals surface area contributed by atoms with Gasteiger partial charge in [0.05, 0.1) is 18.2 Å². The highest BCUT2D eigenvalue weighted by atomic mass is 127. The van der Waals surface area contributed by atoms with E-state index < -0.39 is 0 Å². The van der Waals surface area contributed by atoms with Gasteiger partial charge >= 0.3 is 0 Å². The van der Waals surface area contributed by atoms with E-state index in [0.717, 1.165) is 13.1 Å². The van der Waals surface area contributed by atoms with Crippen molar-refractivity contribution in [2.24, 2.45) is 10.7 Å². The Balaban J connectivity index is 0.00000225. The van der Waals surface area contributed by atoms with Gasteiger partial charge in [-0.25, -0.2) is 4.99 Å². The van der Waals surface area contributed by atoms with E-state index in [4.69, 9.17) is 38.4 Å². The lowest BCUT2D eigenvalue weighted by Crippen LogP contribution is -2.44. The fourth-order valence-corrected chi connectivity index (χ4v) is 2.75. The highest BCUT2D eigenvalue weighted by Gasteiger charge is 2.14. The predicted octanol–water partition coefficient (Wildman–Crippen LogP) is 4.68. The Morgan fingerprint density at radius 3 is 2.52 bits per heavy atom. The molecule has 25 heavy (non-hydrogen) atoms. The number of guanidine groups is 1. The molecule has 0 radical (unpaired) electrons. The Bertz CT molecular complexity index is 752. The lowest BCUT2D eigenvalue weighted by Gasteiger charge is -2.27. The zero-order valence-corrected chi connectivity index (χ0v) is 17.2. The average molecular weight is 494 g/mol. The first-order valence-corrected chi connectivity index (χ1v) is 8.28. The Morgan fingerprint density at radius 2 is 1.80 bits per heavy atom. The third-order valence-electron chi connectivity index (χ3n) is 3.55. The van der Waals surface area contributed by atoms with E-state index in [-0.39, 0.29) is 24.0 Å². The van der Waals surface area contributed by atoms with E-state index in [2.05, 4.69) is 4.99 Å². The van der Waals surface area contributed by atoms with E-state index in [0.29, 0.717) is 46.4 Å². The van der Waals surface area contributed by atoms with Crippen molar-refractivity contribution in [3.63, 3.8) is 0 Å². The maximum Gasteiger partial charge on any atom is 0.196 e. The quantitative estimate of drug-likeness (QED) is 0.383. The Labute approximate surface area is 173 Å². The molecule has 1 aliphatic rings. The van der Waals surface area contributed by atoms with Gasteiger partial charge in [-0.15, -0.1) is 24.0 Å². The molecule has 2 aromatic carbocycles. The molecule has 1 heterocycles. The molecule has 1 fully saturated rings. The molecular formula is C17H18Cl2IN3O2. The van der Waals surface area contributed by atoms with Crippen molar-refractivity contribution in [3.8, 4) is 11.5 Å². The maximum atomic E-state index is 6.17. The number of rotatable bonds is 3. The molecule has 134 valence electrons. The third-order valence-corrected chi connectivity index (χ3v) is 4.08. The Hall–Kier alpha value is -1.22. The van der Waals surface area contributed by atoms with Crippen molar-refractivity contribution in [1.29, 1.82) is 0 Å². The van der Waals surface area contributed by atoms with Crippen LogP contribution in [0, 0.1) is 0 Å². The minimum atomic E-state index is 0. The summed E-state index contributed by atoms with van der Waals surface area (Å²) in [6.07, 6.45) is 0. The zero-order chi connectivity index (χ0) is 16.9. The molecule has 1 saturated heterocycles. The highest BCUT2D eigenvalue weighted by molar-refractivity contribution is 14.0. The summed E-state index contributed by atoms with van der Waals surface area (Å²) in [6.45, 7) is 2.74. The monoisotopic (exact) mass is 493 g/mol.